The molecule has 2 aromatic heterocycles. The van der Waals surface area contributed by atoms with Crippen LogP contribution in [0.15, 0.2) is 40.2 Å². The number of aryl methyl sites for hydroxylation is 1. The first-order valence-electron chi connectivity index (χ1n) is 8.30. The monoisotopic (exact) mass is 324 g/mol. The maximum absolute atomic E-state index is 13.0. The Kier molecular flexibility index (Phi) is 3.23. The predicted octanol–water partition coefficient (Wildman–Crippen LogP) is 2.57. The van der Waals surface area contributed by atoms with Gasteiger partial charge in [0.2, 0.25) is 0 Å². The molecule has 0 saturated heterocycles. The van der Waals surface area contributed by atoms with E-state index in [-0.39, 0.29) is 23.3 Å². The Balaban J connectivity index is 2.14. The number of nitrogens with zero attached hydrogens (tertiary/aromatic N) is 4. The van der Waals surface area contributed by atoms with Gasteiger partial charge in [0.25, 0.3) is 5.56 Å². The summed E-state index contributed by atoms with van der Waals surface area (Å²) in [4.78, 5) is 30.4. The molecule has 124 valence electrons. The van der Waals surface area contributed by atoms with Crippen molar-refractivity contribution in [3.63, 3.8) is 0 Å². The Hall–Kier alpha value is -2.63. The van der Waals surface area contributed by atoms with Crippen LogP contribution >= 0.6 is 0 Å². The standard InChI is InChI=1S/C18H20N4O2/c1-11(2)20-10-19-16-15(20)17(23)22(14-8-9-14)18(24)21(16)13-6-4-12(3)5-7-13/h4-7,10-11,14H,8-9H2,1-3H3. The highest BCUT2D eigenvalue weighted by Gasteiger charge is 2.30. The van der Waals surface area contributed by atoms with E-state index in [9.17, 15) is 9.59 Å². The lowest BCUT2D eigenvalue weighted by Gasteiger charge is -2.13. The van der Waals surface area contributed by atoms with Crippen LogP contribution in [0, 0.1) is 6.92 Å². The fraction of sp³-hybridized carbons (Fsp3) is 0.389. The second kappa shape index (κ2) is 5.19. The Morgan fingerprint density at radius 1 is 1.12 bits per heavy atom. The lowest BCUT2D eigenvalue weighted by atomic mass is 10.2. The molecule has 6 heteroatoms. The molecule has 1 aromatic carbocycles. The molecule has 0 bridgehead atoms. The third kappa shape index (κ3) is 2.13. The molecule has 1 fully saturated rings. The first-order chi connectivity index (χ1) is 11.5. The van der Waals surface area contributed by atoms with Gasteiger partial charge in [-0.15, -0.1) is 0 Å². The van der Waals surface area contributed by atoms with Gasteiger partial charge in [-0.3, -0.25) is 9.36 Å². The Bertz CT molecular complexity index is 1030. The summed E-state index contributed by atoms with van der Waals surface area (Å²) >= 11 is 0. The Morgan fingerprint density at radius 3 is 2.38 bits per heavy atom. The van der Waals surface area contributed by atoms with Crippen LogP contribution in [0.5, 0.6) is 0 Å². The number of hydrogen-bond donors (Lipinski definition) is 0. The molecule has 3 aromatic rings. The van der Waals surface area contributed by atoms with Crippen LogP contribution in [-0.2, 0) is 0 Å². The molecule has 0 atom stereocenters. The van der Waals surface area contributed by atoms with Crippen molar-refractivity contribution in [2.24, 2.45) is 0 Å². The van der Waals surface area contributed by atoms with Crippen molar-refractivity contribution in [1.29, 1.82) is 0 Å². The summed E-state index contributed by atoms with van der Waals surface area (Å²) in [5, 5.41) is 0. The zero-order chi connectivity index (χ0) is 17.0. The van der Waals surface area contributed by atoms with E-state index in [1.54, 1.807) is 10.9 Å². The van der Waals surface area contributed by atoms with Gasteiger partial charge in [0, 0.05) is 12.1 Å². The summed E-state index contributed by atoms with van der Waals surface area (Å²) in [6.45, 7) is 6.01. The third-order valence-electron chi connectivity index (χ3n) is 4.57. The average Bonchev–Trinajstić information content (AvgIpc) is 3.26. The summed E-state index contributed by atoms with van der Waals surface area (Å²) in [5.74, 6) is 0. The zero-order valence-electron chi connectivity index (χ0n) is 14.1. The molecular formula is C18H20N4O2. The first kappa shape index (κ1) is 14.9. The normalized spacial score (nSPS) is 14.7. The molecule has 1 saturated carbocycles. The molecule has 0 amide bonds. The molecule has 24 heavy (non-hydrogen) atoms. The molecule has 4 rings (SSSR count). The minimum Gasteiger partial charge on any atom is -0.322 e. The molecule has 0 spiro atoms. The minimum atomic E-state index is -0.298. The first-order valence-corrected chi connectivity index (χ1v) is 8.30. The number of hydrogen-bond acceptors (Lipinski definition) is 3. The van der Waals surface area contributed by atoms with E-state index in [0.717, 1.165) is 24.1 Å². The van der Waals surface area contributed by atoms with Gasteiger partial charge < -0.3 is 4.57 Å². The summed E-state index contributed by atoms with van der Waals surface area (Å²) in [6, 6.07) is 7.82. The molecule has 0 aliphatic heterocycles. The third-order valence-corrected chi connectivity index (χ3v) is 4.57. The smallest absolute Gasteiger partial charge is 0.322 e. The van der Waals surface area contributed by atoms with Crippen LogP contribution in [0.1, 0.15) is 44.3 Å². The maximum Gasteiger partial charge on any atom is 0.337 e. The van der Waals surface area contributed by atoms with Crippen molar-refractivity contribution in [3.8, 4) is 5.69 Å². The molecule has 0 radical (unpaired) electrons. The zero-order valence-corrected chi connectivity index (χ0v) is 14.1. The van der Waals surface area contributed by atoms with Gasteiger partial charge in [0.1, 0.15) is 0 Å². The van der Waals surface area contributed by atoms with Gasteiger partial charge in [0.15, 0.2) is 11.2 Å². The SMILES string of the molecule is Cc1ccc(-n2c(=O)n(C3CC3)c(=O)c3c2ncn3C(C)C)cc1. The number of fused-ring (bicyclic) bond motifs is 1. The summed E-state index contributed by atoms with van der Waals surface area (Å²) in [5.41, 5.74) is 2.25. The van der Waals surface area contributed by atoms with E-state index >= 15 is 0 Å². The minimum absolute atomic E-state index is 0.0154. The quantitative estimate of drug-likeness (QED) is 0.744. The van der Waals surface area contributed by atoms with Crippen LogP contribution in [0.4, 0.5) is 0 Å². The van der Waals surface area contributed by atoms with E-state index < -0.39 is 0 Å². The van der Waals surface area contributed by atoms with Gasteiger partial charge in [-0.1, -0.05) is 17.7 Å². The highest BCUT2D eigenvalue weighted by atomic mass is 16.2. The number of benzene rings is 1. The van der Waals surface area contributed by atoms with Crippen LogP contribution < -0.4 is 11.2 Å². The maximum atomic E-state index is 13.0. The fourth-order valence-electron chi connectivity index (χ4n) is 3.09. The highest BCUT2D eigenvalue weighted by Crippen LogP contribution is 2.32. The summed E-state index contributed by atoms with van der Waals surface area (Å²) < 4.78 is 4.82. The predicted molar refractivity (Wildman–Crippen MR) is 93.0 cm³/mol. The molecule has 1 aliphatic carbocycles. The second-order valence-corrected chi connectivity index (χ2v) is 6.78. The topological polar surface area (TPSA) is 61.8 Å². The summed E-state index contributed by atoms with van der Waals surface area (Å²) in [6.07, 6.45) is 3.41. The van der Waals surface area contributed by atoms with Gasteiger partial charge in [0.05, 0.1) is 12.0 Å². The number of aromatic nitrogens is 4. The van der Waals surface area contributed by atoms with E-state index in [2.05, 4.69) is 4.98 Å². The number of imidazole rings is 1. The van der Waals surface area contributed by atoms with Gasteiger partial charge >= 0.3 is 5.69 Å². The largest absolute Gasteiger partial charge is 0.337 e. The van der Waals surface area contributed by atoms with E-state index in [1.807, 2.05) is 49.6 Å². The molecule has 1 aliphatic rings. The van der Waals surface area contributed by atoms with Crippen molar-refractivity contribution in [1.82, 2.24) is 18.7 Å². The van der Waals surface area contributed by atoms with E-state index in [0.29, 0.717) is 11.2 Å². The van der Waals surface area contributed by atoms with Gasteiger partial charge in [-0.2, -0.15) is 0 Å². The lowest BCUT2D eigenvalue weighted by molar-refractivity contribution is 0.601. The molecule has 0 N–H and O–H groups in total. The van der Waals surface area contributed by atoms with Crippen molar-refractivity contribution in [3.05, 3.63) is 57.0 Å². The van der Waals surface area contributed by atoms with Crippen LogP contribution in [-0.4, -0.2) is 18.7 Å². The van der Waals surface area contributed by atoms with E-state index in [1.165, 1.54) is 4.57 Å². The highest BCUT2D eigenvalue weighted by molar-refractivity contribution is 5.72. The lowest BCUT2D eigenvalue weighted by Crippen LogP contribution is -2.39. The molecular weight excluding hydrogens is 304 g/mol. The van der Waals surface area contributed by atoms with E-state index in [4.69, 9.17) is 0 Å². The van der Waals surface area contributed by atoms with Gasteiger partial charge in [-0.25, -0.2) is 14.3 Å². The van der Waals surface area contributed by atoms with Crippen molar-refractivity contribution >= 4 is 11.2 Å². The molecule has 0 unspecified atom stereocenters. The summed E-state index contributed by atoms with van der Waals surface area (Å²) in [7, 11) is 0. The van der Waals surface area contributed by atoms with Crippen LogP contribution in [0.2, 0.25) is 0 Å². The average molecular weight is 324 g/mol. The van der Waals surface area contributed by atoms with Crippen molar-refractivity contribution in [2.75, 3.05) is 0 Å². The Labute approximate surface area is 139 Å². The molecule has 2 heterocycles. The van der Waals surface area contributed by atoms with Crippen molar-refractivity contribution < 1.29 is 0 Å². The van der Waals surface area contributed by atoms with Gasteiger partial charge in [-0.05, 0) is 45.7 Å². The Morgan fingerprint density at radius 2 is 1.79 bits per heavy atom. The number of rotatable bonds is 3. The van der Waals surface area contributed by atoms with Crippen molar-refractivity contribution in [2.45, 2.75) is 45.7 Å². The fourth-order valence-corrected chi connectivity index (χ4v) is 3.09. The molecule has 6 nitrogen and oxygen atoms in total. The second-order valence-electron chi connectivity index (χ2n) is 6.78. The van der Waals surface area contributed by atoms with Crippen LogP contribution in [0.25, 0.3) is 16.9 Å². The van der Waals surface area contributed by atoms with Crippen LogP contribution in [0.3, 0.4) is 0 Å².